The molecular weight excluding hydrogens is 440 g/mol. The number of pyridine rings is 1. The summed E-state index contributed by atoms with van der Waals surface area (Å²) in [5.74, 6) is -1.25. The van der Waals surface area contributed by atoms with Crippen molar-refractivity contribution in [1.82, 2.24) is 14.8 Å². The Hall–Kier alpha value is -2.20. The zero-order valence-electron chi connectivity index (χ0n) is 17.5. The Balaban J connectivity index is 1.62. The van der Waals surface area contributed by atoms with Crippen molar-refractivity contribution < 1.29 is 18.4 Å². The van der Waals surface area contributed by atoms with Gasteiger partial charge in [-0.3, -0.25) is 10.0 Å². The average Bonchev–Trinajstić information content (AvgIpc) is 2.77. The molecule has 0 bridgehead atoms. The van der Waals surface area contributed by atoms with E-state index in [2.05, 4.69) is 4.98 Å². The number of benzene rings is 1. The van der Waals surface area contributed by atoms with Crippen LogP contribution in [0, 0.1) is 11.8 Å². The number of piperazine rings is 1. The van der Waals surface area contributed by atoms with Crippen LogP contribution in [0.1, 0.15) is 13.8 Å². The fourth-order valence-electron chi connectivity index (χ4n) is 3.57. The number of hydrogen-bond acceptors (Lipinski definition) is 6. The SMILES string of the molecule is CC(C)[C@@H](CS(=O)(=O)N1CCN(c2ccc(-c3ccc(Cl)cc3)cn2)CC1)C(=O)NO. The zero-order chi connectivity index (χ0) is 22.6. The highest BCUT2D eigenvalue weighted by Gasteiger charge is 2.33. The van der Waals surface area contributed by atoms with Crippen molar-refractivity contribution in [2.45, 2.75) is 13.8 Å². The summed E-state index contributed by atoms with van der Waals surface area (Å²) in [6.07, 6.45) is 1.79. The van der Waals surface area contributed by atoms with Crippen LogP contribution < -0.4 is 10.4 Å². The van der Waals surface area contributed by atoms with Gasteiger partial charge in [0.25, 0.3) is 0 Å². The van der Waals surface area contributed by atoms with E-state index < -0.39 is 21.8 Å². The molecule has 1 saturated heterocycles. The number of hydroxylamine groups is 1. The Kier molecular flexibility index (Phi) is 7.53. The smallest absolute Gasteiger partial charge is 0.247 e. The molecule has 2 N–H and O–H groups in total. The molecule has 1 aromatic carbocycles. The summed E-state index contributed by atoms with van der Waals surface area (Å²) in [5.41, 5.74) is 3.57. The molecule has 2 aromatic rings. The summed E-state index contributed by atoms with van der Waals surface area (Å²) in [5, 5.41) is 9.58. The van der Waals surface area contributed by atoms with Crippen LogP contribution >= 0.6 is 11.6 Å². The fraction of sp³-hybridized carbons (Fsp3) is 0.429. The Morgan fingerprint density at radius 3 is 2.23 bits per heavy atom. The van der Waals surface area contributed by atoms with Gasteiger partial charge in [0, 0.05) is 43.0 Å². The first-order valence-electron chi connectivity index (χ1n) is 10.1. The number of nitrogens with one attached hydrogen (secondary N) is 1. The van der Waals surface area contributed by atoms with Gasteiger partial charge in [0.15, 0.2) is 0 Å². The molecule has 0 radical (unpaired) electrons. The van der Waals surface area contributed by atoms with Gasteiger partial charge < -0.3 is 4.90 Å². The van der Waals surface area contributed by atoms with Crippen molar-refractivity contribution >= 4 is 33.3 Å². The number of halogens is 1. The van der Waals surface area contributed by atoms with Gasteiger partial charge in [0.05, 0.1) is 11.7 Å². The quantitative estimate of drug-likeness (QED) is 0.480. The number of sulfonamides is 1. The van der Waals surface area contributed by atoms with Crippen molar-refractivity contribution in [3.05, 3.63) is 47.6 Å². The van der Waals surface area contributed by atoms with Crippen LogP contribution in [-0.4, -0.2) is 60.8 Å². The van der Waals surface area contributed by atoms with E-state index in [9.17, 15) is 13.2 Å². The minimum atomic E-state index is -3.63. The number of hydrogen-bond donors (Lipinski definition) is 2. The van der Waals surface area contributed by atoms with E-state index in [0.29, 0.717) is 31.2 Å². The molecule has 2 heterocycles. The second-order valence-corrected chi connectivity index (χ2v) is 10.4. The summed E-state index contributed by atoms with van der Waals surface area (Å²) in [6.45, 7) is 5.15. The lowest BCUT2D eigenvalue weighted by Crippen LogP contribution is -2.51. The van der Waals surface area contributed by atoms with Gasteiger partial charge in [0.1, 0.15) is 5.82 Å². The lowest BCUT2D eigenvalue weighted by atomic mass is 9.97. The summed E-state index contributed by atoms with van der Waals surface area (Å²) < 4.78 is 27.0. The molecule has 0 unspecified atom stereocenters. The first-order chi connectivity index (χ1) is 14.7. The molecule has 1 aliphatic rings. The maximum Gasteiger partial charge on any atom is 0.247 e. The van der Waals surface area contributed by atoms with Gasteiger partial charge in [-0.2, -0.15) is 4.31 Å². The Morgan fingerprint density at radius 2 is 1.71 bits per heavy atom. The number of carbonyl (C=O) groups excluding carboxylic acids is 1. The van der Waals surface area contributed by atoms with Crippen LogP contribution in [0.3, 0.4) is 0 Å². The summed E-state index contributed by atoms with van der Waals surface area (Å²) in [4.78, 5) is 18.4. The summed E-state index contributed by atoms with van der Waals surface area (Å²) >= 11 is 5.94. The van der Waals surface area contributed by atoms with Crippen LogP contribution in [0.4, 0.5) is 5.82 Å². The van der Waals surface area contributed by atoms with Crippen molar-refractivity contribution in [3.63, 3.8) is 0 Å². The Labute approximate surface area is 187 Å². The molecule has 0 aliphatic carbocycles. The van der Waals surface area contributed by atoms with Crippen molar-refractivity contribution in [3.8, 4) is 11.1 Å². The third-order valence-electron chi connectivity index (χ3n) is 5.52. The number of amides is 1. The third-order valence-corrected chi connectivity index (χ3v) is 7.71. The van der Waals surface area contributed by atoms with Crippen molar-refractivity contribution in [1.29, 1.82) is 0 Å². The van der Waals surface area contributed by atoms with Crippen molar-refractivity contribution in [2.24, 2.45) is 11.8 Å². The zero-order valence-corrected chi connectivity index (χ0v) is 19.1. The number of carbonyl (C=O) groups is 1. The molecule has 1 fully saturated rings. The molecule has 31 heavy (non-hydrogen) atoms. The van der Waals surface area contributed by atoms with E-state index in [1.54, 1.807) is 25.5 Å². The van der Waals surface area contributed by atoms with E-state index in [4.69, 9.17) is 16.8 Å². The number of rotatable bonds is 7. The maximum atomic E-state index is 12.8. The van der Waals surface area contributed by atoms with Gasteiger partial charge in [-0.1, -0.05) is 37.6 Å². The normalized spacial score (nSPS) is 16.4. The van der Waals surface area contributed by atoms with Gasteiger partial charge >= 0.3 is 0 Å². The minimum absolute atomic E-state index is 0.216. The second-order valence-electron chi connectivity index (χ2n) is 7.90. The molecule has 1 aromatic heterocycles. The summed E-state index contributed by atoms with van der Waals surface area (Å²) in [6, 6.07) is 11.4. The monoisotopic (exact) mass is 466 g/mol. The van der Waals surface area contributed by atoms with E-state index >= 15 is 0 Å². The van der Waals surface area contributed by atoms with E-state index in [-0.39, 0.29) is 11.7 Å². The van der Waals surface area contributed by atoms with Gasteiger partial charge in [0.2, 0.25) is 15.9 Å². The van der Waals surface area contributed by atoms with Crippen LogP contribution in [0.5, 0.6) is 0 Å². The lowest BCUT2D eigenvalue weighted by molar-refractivity contribution is -0.134. The Morgan fingerprint density at radius 1 is 1.10 bits per heavy atom. The summed E-state index contributed by atoms with van der Waals surface area (Å²) in [7, 11) is -3.63. The Bertz CT molecular complexity index is 989. The van der Waals surface area contributed by atoms with E-state index in [1.165, 1.54) is 4.31 Å². The number of aromatic nitrogens is 1. The van der Waals surface area contributed by atoms with E-state index in [0.717, 1.165) is 16.9 Å². The first-order valence-corrected chi connectivity index (χ1v) is 12.1. The molecule has 0 saturated carbocycles. The number of anilines is 1. The van der Waals surface area contributed by atoms with Crippen LogP contribution in [0.15, 0.2) is 42.6 Å². The lowest BCUT2D eigenvalue weighted by Gasteiger charge is -2.35. The third kappa shape index (κ3) is 5.74. The first kappa shape index (κ1) is 23.5. The topological polar surface area (TPSA) is 103 Å². The maximum absolute atomic E-state index is 12.8. The van der Waals surface area contributed by atoms with Crippen LogP contribution in [0.2, 0.25) is 5.02 Å². The molecule has 3 rings (SSSR count). The predicted molar refractivity (Wildman–Crippen MR) is 121 cm³/mol. The number of nitrogens with zero attached hydrogens (tertiary/aromatic N) is 3. The highest BCUT2D eigenvalue weighted by Crippen LogP contribution is 2.24. The molecule has 1 amide bonds. The average molecular weight is 467 g/mol. The van der Waals surface area contributed by atoms with Gasteiger partial charge in [-0.15, -0.1) is 0 Å². The van der Waals surface area contributed by atoms with Crippen molar-refractivity contribution in [2.75, 3.05) is 36.8 Å². The predicted octanol–water partition coefficient (Wildman–Crippen LogP) is 2.63. The van der Waals surface area contributed by atoms with Crippen LogP contribution in [-0.2, 0) is 14.8 Å². The highest BCUT2D eigenvalue weighted by molar-refractivity contribution is 7.89. The molecule has 0 spiro atoms. The second kappa shape index (κ2) is 9.95. The van der Waals surface area contributed by atoms with E-state index in [1.807, 2.05) is 41.3 Å². The standard InChI is InChI=1S/C21H27ClN4O4S/c1-15(2)19(21(27)24-28)14-31(29,30)26-11-9-25(10-12-26)20-8-5-17(13-23-20)16-3-6-18(22)7-4-16/h3-8,13,15,19,28H,9-12,14H2,1-2H3,(H,24,27)/t19-/m1/s1. The molecule has 1 aliphatic heterocycles. The molecule has 8 nitrogen and oxygen atoms in total. The fourth-order valence-corrected chi connectivity index (χ4v) is 5.61. The van der Waals surface area contributed by atoms with Gasteiger partial charge in [-0.05, 0) is 35.7 Å². The molecular formula is C21H27ClN4O4S. The minimum Gasteiger partial charge on any atom is -0.354 e. The molecule has 10 heteroatoms. The van der Waals surface area contributed by atoms with Gasteiger partial charge in [-0.25, -0.2) is 18.9 Å². The molecule has 168 valence electrons. The highest BCUT2D eigenvalue weighted by atomic mass is 35.5. The van der Waals surface area contributed by atoms with Crippen LogP contribution in [0.25, 0.3) is 11.1 Å². The largest absolute Gasteiger partial charge is 0.354 e. The molecule has 1 atom stereocenters.